The molecule has 0 amide bonds. The maximum absolute atomic E-state index is 12.5. The maximum atomic E-state index is 12.5. The Labute approximate surface area is 97.2 Å². The van der Waals surface area contributed by atoms with Gasteiger partial charge in [0.1, 0.15) is 12.4 Å². The number of benzene rings is 1. The van der Waals surface area contributed by atoms with Crippen LogP contribution in [0.1, 0.15) is 5.56 Å². The molecule has 0 heterocycles. The topological polar surface area (TPSA) is 26.3 Å². The highest BCUT2D eigenvalue weighted by Gasteiger charge is 2.64. The fourth-order valence-corrected chi connectivity index (χ4v) is 0.936. The molecule has 0 aliphatic rings. The average molecular weight is 272 g/mol. The van der Waals surface area contributed by atoms with Gasteiger partial charge in [0, 0.05) is 0 Å². The van der Waals surface area contributed by atoms with E-state index >= 15 is 0 Å². The summed E-state index contributed by atoms with van der Waals surface area (Å²) >= 11 is 0. The molecule has 0 spiro atoms. The Kier molecular flexibility index (Phi) is 3.88. The van der Waals surface area contributed by atoms with Crippen molar-refractivity contribution in [2.24, 2.45) is 0 Å². The van der Waals surface area contributed by atoms with Gasteiger partial charge in [0.25, 0.3) is 0 Å². The van der Waals surface area contributed by atoms with E-state index in [1.807, 2.05) is 0 Å². The van der Waals surface area contributed by atoms with E-state index in [9.17, 15) is 31.1 Å². The van der Waals surface area contributed by atoms with E-state index in [1.54, 1.807) is 0 Å². The molecule has 0 aliphatic heterocycles. The van der Waals surface area contributed by atoms with Crippen molar-refractivity contribution in [1.82, 2.24) is 0 Å². The Hall–Kier alpha value is -1.73. The van der Waals surface area contributed by atoms with Gasteiger partial charge in [-0.15, -0.1) is 0 Å². The molecule has 100 valence electrons. The maximum Gasteiger partial charge on any atom is 0.465 e. The van der Waals surface area contributed by atoms with Crippen molar-refractivity contribution in [3.63, 3.8) is 0 Å². The van der Waals surface area contributed by atoms with Gasteiger partial charge in [-0.05, 0) is 17.7 Å². The summed E-state index contributed by atoms with van der Waals surface area (Å²) in [4.78, 5) is 10.6. The minimum absolute atomic E-state index is 0.0859. The first-order chi connectivity index (χ1) is 8.14. The second kappa shape index (κ2) is 4.87. The predicted molar refractivity (Wildman–Crippen MR) is 47.2 cm³/mol. The van der Waals surface area contributed by atoms with E-state index in [0.29, 0.717) is 0 Å². The highest BCUT2D eigenvalue weighted by molar-refractivity contribution is 5.78. The Morgan fingerprint density at radius 2 is 1.56 bits per heavy atom. The molecule has 1 rings (SSSR count). The van der Waals surface area contributed by atoms with Crippen LogP contribution in [0.4, 0.5) is 26.3 Å². The van der Waals surface area contributed by atoms with Crippen LogP contribution >= 0.6 is 0 Å². The molecule has 0 saturated carbocycles. The lowest BCUT2D eigenvalue weighted by Gasteiger charge is -2.17. The quantitative estimate of drug-likeness (QED) is 0.624. The van der Waals surface area contributed by atoms with E-state index in [4.69, 9.17) is 0 Å². The highest BCUT2D eigenvalue weighted by Crippen LogP contribution is 2.36. The summed E-state index contributed by atoms with van der Waals surface area (Å²) in [7, 11) is 0. The fraction of sp³-hybridized carbons (Fsp3) is 0.300. The molecule has 0 atom stereocenters. The van der Waals surface area contributed by atoms with Gasteiger partial charge in [0.2, 0.25) is 0 Å². The first kappa shape index (κ1) is 14.3. The fourth-order valence-electron chi connectivity index (χ4n) is 0.936. The molecule has 0 saturated heterocycles. The third-order valence-electron chi connectivity index (χ3n) is 1.90. The van der Waals surface area contributed by atoms with Crippen molar-refractivity contribution in [2.75, 3.05) is 0 Å². The number of carbonyl (C=O) groups is 1. The third-order valence-corrected chi connectivity index (χ3v) is 1.90. The number of alkyl halides is 5. The number of rotatable bonds is 3. The van der Waals surface area contributed by atoms with Gasteiger partial charge in [-0.2, -0.15) is 22.0 Å². The number of halogens is 6. The molecule has 0 unspecified atom stereocenters. The van der Waals surface area contributed by atoms with Crippen molar-refractivity contribution < 1.29 is 35.9 Å². The Bertz CT molecular complexity index is 423. The van der Waals surface area contributed by atoms with Gasteiger partial charge in [0.05, 0.1) is 0 Å². The molecule has 1 aromatic carbocycles. The minimum atomic E-state index is -6.01. The van der Waals surface area contributed by atoms with E-state index in [1.165, 1.54) is 0 Å². The molecule has 0 aromatic heterocycles. The lowest BCUT2D eigenvalue weighted by molar-refractivity contribution is -0.281. The molecule has 0 fully saturated rings. The Balaban J connectivity index is 2.64. The van der Waals surface area contributed by atoms with Crippen LogP contribution in [0.15, 0.2) is 24.3 Å². The van der Waals surface area contributed by atoms with Crippen LogP contribution in [0.25, 0.3) is 0 Å². The van der Waals surface area contributed by atoms with Crippen molar-refractivity contribution in [3.8, 4) is 0 Å². The summed E-state index contributed by atoms with van der Waals surface area (Å²) in [5.41, 5.74) is 0.0859. The van der Waals surface area contributed by atoms with Crippen molar-refractivity contribution in [3.05, 3.63) is 35.6 Å². The third kappa shape index (κ3) is 3.14. The van der Waals surface area contributed by atoms with Crippen LogP contribution in [0.5, 0.6) is 0 Å². The van der Waals surface area contributed by atoms with Crippen molar-refractivity contribution in [1.29, 1.82) is 0 Å². The Morgan fingerprint density at radius 3 is 2.00 bits per heavy atom. The molecule has 0 N–H and O–H groups in total. The first-order valence-electron chi connectivity index (χ1n) is 4.51. The van der Waals surface area contributed by atoms with E-state index in [2.05, 4.69) is 4.74 Å². The van der Waals surface area contributed by atoms with Gasteiger partial charge < -0.3 is 4.74 Å². The second-order valence-corrected chi connectivity index (χ2v) is 3.27. The summed E-state index contributed by atoms with van der Waals surface area (Å²) in [6, 6.07) is 4.08. The summed E-state index contributed by atoms with van der Waals surface area (Å²) in [5.74, 6) is -8.88. The standard InChI is InChI=1S/C10H6F6O2/c11-7-3-1-6(2-4-7)5-18-8(17)9(12,13)10(14,15)16/h1-4H,5H2. The first-order valence-corrected chi connectivity index (χ1v) is 4.51. The van der Waals surface area contributed by atoms with E-state index < -0.39 is 30.5 Å². The minimum Gasteiger partial charge on any atom is -0.456 e. The monoisotopic (exact) mass is 272 g/mol. The van der Waals surface area contributed by atoms with Gasteiger partial charge in [0.15, 0.2) is 0 Å². The number of carbonyl (C=O) groups excluding carboxylic acids is 1. The van der Waals surface area contributed by atoms with Crippen molar-refractivity contribution >= 4 is 5.97 Å². The zero-order chi connectivity index (χ0) is 14.0. The molecule has 0 radical (unpaired) electrons. The zero-order valence-electron chi connectivity index (χ0n) is 8.60. The molecule has 1 aromatic rings. The smallest absolute Gasteiger partial charge is 0.456 e. The van der Waals surface area contributed by atoms with E-state index in [0.717, 1.165) is 24.3 Å². The number of esters is 1. The number of ether oxygens (including phenoxy) is 1. The average Bonchev–Trinajstić information content (AvgIpc) is 2.26. The summed E-state index contributed by atoms with van der Waals surface area (Å²) in [6.07, 6.45) is -6.01. The molecule has 8 heteroatoms. The zero-order valence-corrected chi connectivity index (χ0v) is 8.60. The normalized spacial score (nSPS) is 12.3. The second-order valence-electron chi connectivity index (χ2n) is 3.27. The molecule has 0 aliphatic carbocycles. The molecule has 2 nitrogen and oxygen atoms in total. The lowest BCUT2D eigenvalue weighted by Crippen LogP contribution is -2.45. The largest absolute Gasteiger partial charge is 0.465 e. The lowest BCUT2D eigenvalue weighted by atomic mass is 10.2. The van der Waals surface area contributed by atoms with Crippen LogP contribution in [0.3, 0.4) is 0 Å². The molecular weight excluding hydrogens is 266 g/mol. The van der Waals surface area contributed by atoms with Gasteiger partial charge in [-0.1, -0.05) is 12.1 Å². The number of hydrogen-bond donors (Lipinski definition) is 0. The van der Waals surface area contributed by atoms with E-state index in [-0.39, 0.29) is 5.56 Å². The molecular formula is C10H6F6O2. The highest BCUT2D eigenvalue weighted by atomic mass is 19.4. The van der Waals surface area contributed by atoms with Crippen LogP contribution in [0.2, 0.25) is 0 Å². The Morgan fingerprint density at radius 1 is 1.06 bits per heavy atom. The van der Waals surface area contributed by atoms with Crippen LogP contribution in [0, 0.1) is 5.82 Å². The molecule has 0 bridgehead atoms. The van der Waals surface area contributed by atoms with Crippen LogP contribution < -0.4 is 0 Å². The summed E-state index contributed by atoms with van der Waals surface area (Å²) < 4.78 is 76.4. The predicted octanol–water partition coefficient (Wildman–Crippen LogP) is 3.07. The van der Waals surface area contributed by atoms with Gasteiger partial charge in [-0.25, -0.2) is 9.18 Å². The van der Waals surface area contributed by atoms with Crippen LogP contribution in [-0.2, 0) is 16.1 Å². The van der Waals surface area contributed by atoms with Crippen LogP contribution in [-0.4, -0.2) is 18.1 Å². The SMILES string of the molecule is O=C(OCc1ccc(F)cc1)C(F)(F)C(F)(F)F. The van der Waals surface area contributed by atoms with Crippen molar-refractivity contribution in [2.45, 2.75) is 18.7 Å². The molecule has 18 heavy (non-hydrogen) atoms. The summed E-state index contributed by atoms with van der Waals surface area (Å²) in [5, 5.41) is 0. The summed E-state index contributed by atoms with van der Waals surface area (Å²) in [6.45, 7) is -0.801. The van der Waals surface area contributed by atoms with Gasteiger partial charge in [-0.3, -0.25) is 0 Å². The number of hydrogen-bond acceptors (Lipinski definition) is 2. The van der Waals surface area contributed by atoms with Gasteiger partial charge >= 0.3 is 18.1 Å².